The van der Waals surface area contributed by atoms with Crippen molar-refractivity contribution in [3.8, 4) is 10.6 Å². The molecular weight excluding hydrogens is 287 g/mol. The number of halogens is 2. The number of nitrogens with zero attached hydrogens (tertiary/aromatic N) is 1. The fraction of sp³-hybridized carbons (Fsp3) is 0.308. The largest absolute Gasteiger partial charge is 0.312 e. The van der Waals surface area contributed by atoms with E-state index in [-0.39, 0.29) is 0 Å². The van der Waals surface area contributed by atoms with Crippen LogP contribution in [-0.2, 0) is 0 Å². The molecule has 1 atom stereocenters. The first-order valence-corrected chi connectivity index (χ1v) is 7.20. The van der Waals surface area contributed by atoms with Crippen LogP contribution in [-0.4, -0.2) is 12.0 Å². The average Bonchev–Trinajstić information content (AvgIpc) is 2.70. The topological polar surface area (TPSA) is 24.9 Å². The molecule has 0 aliphatic rings. The van der Waals surface area contributed by atoms with E-state index in [0.717, 1.165) is 16.3 Å². The molecule has 0 saturated carbocycles. The SMILES string of the molecule is CNC(C)c1sc(-c2ccc(Cl)cc2Cl)nc1C. The van der Waals surface area contributed by atoms with Crippen molar-refractivity contribution >= 4 is 34.5 Å². The molecule has 0 spiro atoms. The molecule has 0 radical (unpaired) electrons. The number of hydrogen-bond acceptors (Lipinski definition) is 3. The smallest absolute Gasteiger partial charge is 0.125 e. The molecule has 0 amide bonds. The molecule has 0 fully saturated rings. The first kappa shape index (κ1) is 13.8. The lowest BCUT2D eigenvalue weighted by Gasteiger charge is -2.07. The predicted octanol–water partition coefficient (Wildman–Crippen LogP) is 4.71. The molecule has 96 valence electrons. The van der Waals surface area contributed by atoms with E-state index in [1.165, 1.54) is 4.88 Å². The van der Waals surface area contributed by atoms with Crippen LogP contribution >= 0.6 is 34.5 Å². The molecule has 18 heavy (non-hydrogen) atoms. The Morgan fingerprint density at radius 3 is 2.67 bits per heavy atom. The maximum absolute atomic E-state index is 6.21. The quantitative estimate of drug-likeness (QED) is 0.888. The molecule has 2 aromatic rings. The zero-order valence-corrected chi connectivity index (χ0v) is 12.7. The summed E-state index contributed by atoms with van der Waals surface area (Å²) in [6, 6.07) is 5.79. The van der Waals surface area contributed by atoms with Gasteiger partial charge in [0.1, 0.15) is 5.01 Å². The minimum absolute atomic E-state index is 0.294. The van der Waals surface area contributed by atoms with Gasteiger partial charge in [-0.15, -0.1) is 11.3 Å². The Balaban J connectivity index is 2.45. The summed E-state index contributed by atoms with van der Waals surface area (Å²) in [7, 11) is 1.94. The zero-order valence-electron chi connectivity index (χ0n) is 10.4. The average molecular weight is 301 g/mol. The maximum atomic E-state index is 6.21. The molecule has 0 aliphatic heterocycles. The summed E-state index contributed by atoms with van der Waals surface area (Å²) in [6.07, 6.45) is 0. The molecular formula is C13H14Cl2N2S. The van der Waals surface area contributed by atoms with E-state index in [4.69, 9.17) is 23.2 Å². The highest BCUT2D eigenvalue weighted by molar-refractivity contribution is 7.15. The van der Waals surface area contributed by atoms with Crippen molar-refractivity contribution in [1.82, 2.24) is 10.3 Å². The van der Waals surface area contributed by atoms with Gasteiger partial charge in [-0.3, -0.25) is 0 Å². The lowest BCUT2D eigenvalue weighted by atomic mass is 10.2. The highest BCUT2D eigenvalue weighted by atomic mass is 35.5. The first-order valence-electron chi connectivity index (χ1n) is 5.63. The first-order chi connectivity index (χ1) is 8.52. The molecule has 1 aromatic carbocycles. The van der Waals surface area contributed by atoms with E-state index in [0.29, 0.717) is 16.1 Å². The molecule has 0 bridgehead atoms. The summed E-state index contributed by atoms with van der Waals surface area (Å²) in [4.78, 5) is 5.83. The summed E-state index contributed by atoms with van der Waals surface area (Å²) in [5, 5.41) is 5.44. The highest BCUT2D eigenvalue weighted by Crippen LogP contribution is 2.36. The molecule has 2 rings (SSSR count). The number of rotatable bonds is 3. The van der Waals surface area contributed by atoms with Crippen molar-refractivity contribution in [2.75, 3.05) is 7.05 Å². The Hall–Kier alpha value is -0.610. The van der Waals surface area contributed by atoms with Crippen LogP contribution in [0, 0.1) is 6.92 Å². The van der Waals surface area contributed by atoms with Gasteiger partial charge in [0.05, 0.1) is 10.7 Å². The van der Waals surface area contributed by atoms with Crippen molar-refractivity contribution in [3.63, 3.8) is 0 Å². The Bertz CT molecular complexity index is 566. The normalized spacial score (nSPS) is 12.7. The standard InChI is InChI=1S/C13H14Cl2N2S/c1-7(16-3)12-8(2)17-13(18-12)10-5-4-9(14)6-11(10)15/h4-7,16H,1-3H3. The van der Waals surface area contributed by atoms with E-state index in [1.807, 2.05) is 26.1 Å². The van der Waals surface area contributed by atoms with Crippen LogP contribution in [0.3, 0.4) is 0 Å². The van der Waals surface area contributed by atoms with Crippen molar-refractivity contribution in [2.45, 2.75) is 19.9 Å². The monoisotopic (exact) mass is 300 g/mol. The Morgan fingerprint density at radius 1 is 1.33 bits per heavy atom. The van der Waals surface area contributed by atoms with E-state index in [9.17, 15) is 0 Å². The third-order valence-electron chi connectivity index (χ3n) is 2.82. The van der Waals surface area contributed by atoms with Gasteiger partial charge in [0.2, 0.25) is 0 Å². The van der Waals surface area contributed by atoms with Crippen molar-refractivity contribution in [2.24, 2.45) is 0 Å². The molecule has 0 aliphatic carbocycles. The summed E-state index contributed by atoms with van der Waals surface area (Å²) in [5.41, 5.74) is 1.98. The zero-order chi connectivity index (χ0) is 13.3. The van der Waals surface area contributed by atoms with Gasteiger partial charge in [-0.25, -0.2) is 4.98 Å². The molecule has 5 heteroatoms. The number of aromatic nitrogens is 1. The van der Waals surface area contributed by atoms with Crippen LogP contribution in [0.4, 0.5) is 0 Å². The third-order valence-corrected chi connectivity index (χ3v) is 4.74. The molecule has 0 saturated heterocycles. The Morgan fingerprint density at radius 2 is 2.06 bits per heavy atom. The van der Waals surface area contributed by atoms with E-state index < -0.39 is 0 Å². The highest BCUT2D eigenvalue weighted by Gasteiger charge is 2.15. The van der Waals surface area contributed by atoms with E-state index in [1.54, 1.807) is 17.4 Å². The lowest BCUT2D eigenvalue weighted by molar-refractivity contribution is 0.658. The molecule has 2 nitrogen and oxygen atoms in total. The van der Waals surface area contributed by atoms with Gasteiger partial charge in [-0.1, -0.05) is 23.2 Å². The van der Waals surface area contributed by atoms with Crippen LogP contribution in [0.25, 0.3) is 10.6 Å². The fourth-order valence-corrected chi connectivity index (χ4v) is 3.44. The second-order valence-corrected chi connectivity index (χ2v) is 5.98. The summed E-state index contributed by atoms with van der Waals surface area (Å²) in [5.74, 6) is 0. The summed E-state index contributed by atoms with van der Waals surface area (Å²) >= 11 is 13.8. The second kappa shape index (κ2) is 5.57. The molecule has 1 heterocycles. The van der Waals surface area contributed by atoms with Gasteiger partial charge in [0.25, 0.3) is 0 Å². The second-order valence-electron chi connectivity index (χ2n) is 4.10. The minimum atomic E-state index is 0.294. The van der Waals surface area contributed by atoms with Gasteiger partial charge in [-0.2, -0.15) is 0 Å². The fourth-order valence-electron chi connectivity index (χ4n) is 1.72. The molecule has 1 aromatic heterocycles. The summed E-state index contributed by atoms with van der Waals surface area (Å²) < 4.78 is 0. The molecule has 1 N–H and O–H groups in total. The summed E-state index contributed by atoms with van der Waals surface area (Å²) in [6.45, 7) is 4.14. The lowest BCUT2D eigenvalue weighted by Crippen LogP contribution is -2.11. The van der Waals surface area contributed by atoms with Crippen molar-refractivity contribution in [3.05, 3.63) is 38.8 Å². The number of thiazole rings is 1. The van der Waals surface area contributed by atoms with Gasteiger partial charge in [0.15, 0.2) is 0 Å². The van der Waals surface area contributed by atoms with Crippen molar-refractivity contribution < 1.29 is 0 Å². The maximum Gasteiger partial charge on any atom is 0.125 e. The Labute approximate surface area is 121 Å². The number of hydrogen-bond donors (Lipinski definition) is 1. The predicted molar refractivity (Wildman–Crippen MR) is 79.8 cm³/mol. The van der Waals surface area contributed by atoms with Crippen molar-refractivity contribution in [1.29, 1.82) is 0 Å². The van der Waals surface area contributed by atoms with Gasteiger partial charge < -0.3 is 5.32 Å². The van der Waals surface area contributed by atoms with Gasteiger partial charge in [0, 0.05) is 21.5 Å². The van der Waals surface area contributed by atoms with Gasteiger partial charge in [-0.05, 0) is 39.1 Å². The van der Waals surface area contributed by atoms with Crippen LogP contribution < -0.4 is 5.32 Å². The minimum Gasteiger partial charge on any atom is -0.312 e. The van der Waals surface area contributed by atoms with Crippen LogP contribution in [0.2, 0.25) is 10.0 Å². The van der Waals surface area contributed by atoms with Crippen LogP contribution in [0.1, 0.15) is 23.5 Å². The number of aryl methyl sites for hydroxylation is 1. The molecule has 1 unspecified atom stereocenters. The van der Waals surface area contributed by atoms with E-state index in [2.05, 4.69) is 17.2 Å². The van der Waals surface area contributed by atoms with Crippen LogP contribution in [0.5, 0.6) is 0 Å². The number of nitrogens with one attached hydrogen (secondary N) is 1. The van der Waals surface area contributed by atoms with Crippen LogP contribution in [0.15, 0.2) is 18.2 Å². The van der Waals surface area contributed by atoms with Gasteiger partial charge >= 0.3 is 0 Å². The number of benzene rings is 1. The van der Waals surface area contributed by atoms with E-state index >= 15 is 0 Å². The third kappa shape index (κ3) is 2.69. The Kier molecular flexibility index (Phi) is 4.28.